The molecule has 7 heteroatoms. The second kappa shape index (κ2) is 4.94. The Morgan fingerprint density at radius 1 is 1.40 bits per heavy atom. The molecule has 0 aliphatic rings. The summed E-state index contributed by atoms with van der Waals surface area (Å²) in [4.78, 5) is 18.3. The minimum absolute atomic E-state index is 0.167. The highest BCUT2D eigenvalue weighted by molar-refractivity contribution is 5.69. The molecule has 0 aliphatic carbocycles. The first kappa shape index (κ1) is 9.11. The van der Waals surface area contributed by atoms with Gasteiger partial charge in [-0.1, -0.05) is 5.23 Å². The minimum Gasteiger partial charge on any atom is -0.368 e. The van der Waals surface area contributed by atoms with Gasteiger partial charge in [0.15, 0.2) is 13.6 Å². The van der Waals surface area contributed by atoms with Gasteiger partial charge in [-0.3, -0.25) is 0 Å². The van der Waals surface area contributed by atoms with E-state index >= 15 is 0 Å². The van der Waals surface area contributed by atoms with E-state index in [9.17, 15) is 4.79 Å². The molecule has 0 bridgehead atoms. The lowest BCUT2D eigenvalue weighted by Crippen LogP contribution is -2.36. The summed E-state index contributed by atoms with van der Waals surface area (Å²) >= 11 is 0. The van der Waals surface area contributed by atoms with Crippen LogP contribution in [0.25, 0.3) is 0 Å². The molecule has 0 aromatic carbocycles. The topological polar surface area (TPSA) is 105 Å². The normalized spacial score (nSPS) is 9.40. The summed E-state index contributed by atoms with van der Waals surface area (Å²) in [7, 11) is 0. The van der Waals surface area contributed by atoms with Gasteiger partial charge in [0.2, 0.25) is 0 Å². The predicted octanol–water partition coefficient (Wildman–Crippen LogP) is -1.87. The van der Waals surface area contributed by atoms with Crippen molar-refractivity contribution in [2.75, 3.05) is 13.6 Å². The van der Waals surface area contributed by atoms with Crippen LogP contribution in [0, 0.1) is 0 Å². The first-order chi connectivity index (χ1) is 4.72. The van der Waals surface area contributed by atoms with Crippen LogP contribution in [-0.4, -0.2) is 35.1 Å². The van der Waals surface area contributed by atoms with E-state index in [1.807, 2.05) is 0 Å². The lowest BCUT2D eigenvalue weighted by Gasteiger charge is -2.14. The van der Waals surface area contributed by atoms with Gasteiger partial charge >= 0.3 is 6.03 Å². The number of primary amides is 1. The van der Waals surface area contributed by atoms with Crippen molar-refractivity contribution in [2.45, 2.75) is 0 Å². The zero-order valence-corrected chi connectivity index (χ0v) is 5.06. The van der Waals surface area contributed by atoms with E-state index in [1.54, 1.807) is 0 Å². The zero-order chi connectivity index (χ0) is 7.98. The Balaban J connectivity index is 3.61. The Bertz CT molecular complexity index is 101. The predicted molar refractivity (Wildman–Crippen MR) is 27.8 cm³/mol. The van der Waals surface area contributed by atoms with E-state index in [2.05, 4.69) is 15.4 Å². The van der Waals surface area contributed by atoms with Crippen LogP contribution >= 0.6 is 0 Å². The van der Waals surface area contributed by atoms with Crippen molar-refractivity contribution in [1.82, 2.24) is 5.23 Å². The van der Waals surface area contributed by atoms with Gasteiger partial charge in [0.05, 0.1) is 0 Å². The molecular formula is C3H8N2O5. The van der Waals surface area contributed by atoms with Crippen LogP contribution in [0.15, 0.2) is 0 Å². The van der Waals surface area contributed by atoms with Gasteiger partial charge in [-0.25, -0.2) is 14.5 Å². The van der Waals surface area contributed by atoms with E-state index < -0.39 is 19.6 Å². The van der Waals surface area contributed by atoms with Gasteiger partial charge in [0.25, 0.3) is 0 Å². The number of rotatable bonds is 4. The summed E-state index contributed by atoms with van der Waals surface area (Å²) in [5.74, 6) is 0. The van der Waals surface area contributed by atoms with E-state index in [-0.39, 0.29) is 5.23 Å². The van der Waals surface area contributed by atoms with Crippen molar-refractivity contribution in [3.05, 3.63) is 0 Å². The molecule has 2 amide bonds. The number of nitrogens with two attached hydrogens (primary N) is 1. The van der Waals surface area contributed by atoms with Crippen molar-refractivity contribution in [3.8, 4) is 0 Å². The van der Waals surface area contributed by atoms with Crippen LogP contribution in [0.4, 0.5) is 4.79 Å². The fourth-order valence-electron chi connectivity index (χ4n) is 0.269. The highest BCUT2D eigenvalue weighted by Crippen LogP contribution is 1.88. The van der Waals surface area contributed by atoms with Gasteiger partial charge in [0.1, 0.15) is 0 Å². The summed E-state index contributed by atoms with van der Waals surface area (Å²) in [5.41, 5.74) is 4.62. The molecule has 0 radical (unpaired) electrons. The number of hydrogen-bond donors (Lipinski definition) is 3. The zero-order valence-electron chi connectivity index (χ0n) is 5.06. The first-order valence-corrected chi connectivity index (χ1v) is 2.29. The highest BCUT2D eigenvalue weighted by Gasteiger charge is 2.09. The number of aliphatic hydroxyl groups is 2. The number of carbonyl (C=O) groups is 1. The molecule has 0 rings (SSSR count). The molecule has 0 aliphatic heterocycles. The SMILES string of the molecule is NC(=O)N(OCO)OCO. The molecule has 0 unspecified atom stereocenters. The van der Waals surface area contributed by atoms with Gasteiger partial charge in [0, 0.05) is 0 Å². The molecule has 10 heavy (non-hydrogen) atoms. The van der Waals surface area contributed by atoms with Gasteiger partial charge < -0.3 is 15.9 Å². The van der Waals surface area contributed by atoms with E-state index in [0.717, 1.165) is 0 Å². The second-order valence-electron chi connectivity index (χ2n) is 1.11. The quantitative estimate of drug-likeness (QED) is 0.323. The summed E-state index contributed by atoms with van der Waals surface area (Å²) in [6, 6.07) is -1.07. The second-order valence-corrected chi connectivity index (χ2v) is 1.11. The van der Waals surface area contributed by atoms with Crippen LogP contribution in [-0.2, 0) is 9.68 Å². The Hall–Kier alpha value is -0.890. The third-order valence-corrected chi connectivity index (χ3v) is 0.530. The summed E-state index contributed by atoms with van der Waals surface area (Å²) in [6.45, 7) is -1.52. The standard InChI is InChI=1S/C3H8N2O5/c4-3(8)5(9-1-6)10-2-7/h6-7H,1-2H2,(H2,4,8). The number of amides is 2. The molecule has 0 fully saturated rings. The average molecular weight is 152 g/mol. The number of hydrogen-bond acceptors (Lipinski definition) is 5. The Kier molecular flexibility index (Phi) is 4.50. The Morgan fingerprint density at radius 3 is 2.00 bits per heavy atom. The smallest absolute Gasteiger partial charge is 0.364 e. The van der Waals surface area contributed by atoms with Crippen LogP contribution in [0.1, 0.15) is 0 Å². The number of urea groups is 1. The maximum atomic E-state index is 10.2. The lowest BCUT2D eigenvalue weighted by atomic mass is 11.1. The summed E-state index contributed by atoms with van der Waals surface area (Å²) in [6.07, 6.45) is 0. The molecule has 0 aromatic heterocycles. The van der Waals surface area contributed by atoms with E-state index in [1.165, 1.54) is 0 Å². The molecule has 7 nitrogen and oxygen atoms in total. The first-order valence-electron chi connectivity index (χ1n) is 2.29. The highest BCUT2D eigenvalue weighted by atomic mass is 17.0. The number of carbonyl (C=O) groups excluding carboxylic acids is 1. The molecule has 4 N–H and O–H groups in total. The van der Waals surface area contributed by atoms with Gasteiger partial charge in [-0.05, 0) is 0 Å². The van der Waals surface area contributed by atoms with Crippen LogP contribution in [0.5, 0.6) is 0 Å². The largest absolute Gasteiger partial charge is 0.368 e. The van der Waals surface area contributed by atoms with Crippen LogP contribution < -0.4 is 5.73 Å². The molecule has 0 saturated heterocycles. The maximum absolute atomic E-state index is 10.2. The molecule has 0 saturated carbocycles. The monoisotopic (exact) mass is 152 g/mol. The van der Waals surface area contributed by atoms with Crippen molar-refractivity contribution < 1.29 is 24.7 Å². The summed E-state index contributed by atoms with van der Waals surface area (Å²) < 4.78 is 0. The fourth-order valence-corrected chi connectivity index (χ4v) is 0.269. The molecule has 0 heterocycles. The number of nitrogens with zero attached hydrogens (tertiary/aromatic N) is 1. The average Bonchev–Trinajstić information content (AvgIpc) is 1.87. The summed E-state index contributed by atoms with van der Waals surface area (Å²) in [5, 5.41) is 16.3. The van der Waals surface area contributed by atoms with Crippen molar-refractivity contribution in [1.29, 1.82) is 0 Å². The Labute approximate surface area is 56.5 Å². The van der Waals surface area contributed by atoms with Gasteiger partial charge in [-0.15, -0.1) is 0 Å². The fraction of sp³-hybridized carbons (Fsp3) is 0.667. The maximum Gasteiger partial charge on any atom is 0.364 e. The third-order valence-electron chi connectivity index (χ3n) is 0.530. The van der Waals surface area contributed by atoms with E-state index in [0.29, 0.717) is 0 Å². The minimum atomic E-state index is -1.07. The number of hydroxylamine groups is 2. The Morgan fingerprint density at radius 2 is 1.80 bits per heavy atom. The lowest BCUT2D eigenvalue weighted by molar-refractivity contribution is -0.366. The van der Waals surface area contributed by atoms with Crippen molar-refractivity contribution >= 4 is 6.03 Å². The molecular weight excluding hydrogens is 144 g/mol. The molecule has 0 spiro atoms. The molecule has 0 atom stereocenters. The van der Waals surface area contributed by atoms with Gasteiger partial charge in [-0.2, -0.15) is 0 Å². The van der Waals surface area contributed by atoms with Crippen molar-refractivity contribution in [2.24, 2.45) is 5.73 Å². The molecule has 60 valence electrons. The van der Waals surface area contributed by atoms with Crippen LogP contribution in [0.2, 0.25) is 0 Å². The third kappa shape index (κ3) is 3.20. The van der Waals surface area contributed by atoms with E-state index in [4.69, 9.17) is 10.2 Å². The van der Waals surface area contributed by atoms with Crippen LogP contribution in [0.3, 0.4) is 0 Å². The van der Waals surface area contributed by atoms with Crippen molar-refractivity contribution in [3.63, 3.8) is 0 Å². The number of aliphatic hydroxyl groups excluding tert-OH is 2. The molecule has 0 aromatic rings.